The summed E-state index contributed by atoms with van der Waals surface area (Å²) in [7, 11) is 1.64. The molecule has 9 heteroatoms. The maximum atomic E-state index is 12.2. The van der Waals surface area contributed by atoms with E-state index in [0.29, 0.717) is 41.1 Å². The van der Waals surface area contributed by atoms with Crippen LogP contribution in [0.15, 0.2) is 42.5 Å². The van der Waals surface area contributed by atoms with E-state index in [4.69, 9.17) is 10.5 Å². The number of carbonyl (C=O) groups excluding carboxylic acids is 2. The van der Waals surface area contributed by atoms with Gasteiger partial charge in [0.15, 0.2) is 5.69 Å². The number of fused-ring (bicyclic) bond motifs is 1. The van der Waals surface area contributed by atoms with E-state index in [2.05, 4.69) is 29.2 Å². The van der Waals surface area contributed by atoms with Crippen LogP contribution in [0.4, 0.5) is 0 Å². The van der Waals surface area contributed by atoms with Gasteiger partial charge in [0.05, 0.1) is 11.2 Å². The highest BCUT2D eigenvalue weighted by atomic mass is 16.5. The van der Waals surface area contributed by atoms with Gasteiger partial charge in [0.2, 0.25) is 5.60 Å². The summed E-state index contributed by atoms with van der Waals surface area (Å²) in [5, 5.41) is 18.9. The van der Waals surface area contributed by atoms with Crippen LogP contribution >= 0.6 is 0 Å². The third-order valence-corrected chi connectivity index (χ3v) is 6.15. The van der Waals surface area contributed by atoms with E-state index in [1.54, 1.807) is 36.0 Å². The predicted molar refractivity (Wildman–Crippen MR) is 137 cm³/mol. The smallest absolute Gasteiger partial charge is 0.269 e. The van der Waals surface area contributed by atoms with Crippen molar-refractivity contribution in [3.8, 4) is 23.3 Å². The topological polar surface area (TPSA) is 123 Å². The van der Waals surface area contributed by atoms with Crippen molar-refractivity contribution in [1.82, 2.24) is 20.0 Å². The van der Waals surface area contributed by atoms with Crippen LogP contribution in [0, 0.1) is 11.8 Å². The fraction of sp³-hybridized carbons (Fsp3) is 0.370. The molecule has 0 saturated carbocycles. The van der Waals surface area contributed by atoms with Gasteiger partial charge in [-0.3, -0.25) is 9.59 Å². The van der Waals surface area contributed by atoms with E-state index in [-0.39, 0.29) is 12.1 Å². The molecule has 1 aliphatic heterocycles. The average molecular weight is 490 g/mol. The Morgan fingerprint density at radius 1 is 1.28 bits per heavy atom. The molecule has 188 valence electrons. The van der Waals surface area contributed by atoms with Crippen molar-refractivity contribution in [2.24, 2.45) is 5.73 Å². The number of aliphatic hydroxyl groups is 1. The highest BCUT2D eigenvalue weighted by Gasteiger charge is 2.42. The maximum Gasteiger partial charge on any atom is 0.269 e. The first-order valence-electron chi connectivity index (χ1n) is 12.1. The second-order valence-corrected chi connectivity index (χ2v) is 8.89. The fourth-order valence-corrected chi connectivity index (χ4v) is 4.09. The summed E-state index contributed by atoms with van der Waals surface area (Å²) in [5.41, 5.74) is 6.04. The van der Waals surface area contributed by atoms with Gasteiger partial charge in [-0.05, 0) is 49.4 Å². The van der Waals surface area contributed by atoms with Crippen LogP contribution in [0.2, 0.25) is 0 Å². The molecule has 0 spiro atoms. The van der Waals surface area contributed by atoms with Gasteiger partial charge in [-0.15, -0.1) is 0 Å². The molecule has 36 heavy (non-hydrogen) atoms. The molecule has 9 nitrogen and oxygen atoms in total. The molecule has 2 amide bonds. The minimum absolute atomic E-state index is 0.141. The standard InChI is InChI=1S/C27H31N5O4/c1-3-4-13-29-14-16-36-21-8-9-23-22(18-21)24(25(28)33)30-32(23)20-7-5-6-19(17-20)10-11-27(35)12-15-31(2)26(27)34/h5-9,17-18,29,35H,3-4,12-16H2,1-2H3,(H2,28,33)/t27-/m0/s1. The molecular formula is C27H31N5O4. The van der Waals surface area contributed by atoms with Crippen molar-refractivity contribution in [1.29, 1.82) is 0 Å². The Morgan fingerprint density at radius 2 is 2.11 bits per heavy atom. The first kappa shape index (κ1) is 25.2. The monoisotopic (exact) mass is 489 g/mol. The van der Waals surface area contributed by atoms with Crippen molar-refractivity contribution in [3.05, 3.63) is 53.7 Å². The van der Waals surface area contributed by atoms with Gasteiger partial charge in [0, 0.05) is 37.5 Å². The second-order valence-electron chi connectivity index (χ2n) is 8.89. The van der Waals surface area contributed by atoms with Crippen LogP contribution in [0.1, 0.15) is 42.2 Å². The van der Waals surface area contributed by atoms with Crippen LogP contribution in [0.5, 0.6) is 5.75 Å². The number of primary amides is 1. The molecule has 0 aliphatic carbocycles. The van der Waals surface area contributed by atoms with Crippen LogP contribution in [0.25, 0.3) is 16.6 Å². The number of amides is 2. The van der Waals surface area contributed by atoms with Gasteiger partial charge in [-0.2, -0.15) is 5.10 Å². The lowest BCUT2D eigenvalue weighted by Gasteiger charge is -2.13. The number of benzene rings is 2. The third-order valence-electron chi connectivity index (χ3n) is 6.15. The minimum atomic E-state index is -1.68. The fourth-order valence-electron chi connectivity index (χ4n) is 4.09. The van der Waals surface area contributed by atoms with E-state index < -0.39 is 17.4 Å². The molecule has 1 aliphatic rings. The molecule has 3 aromatic rings. The molecular weight excluding hydrogens is 458 g/mol. The summed E-state index contributed by atoms with van der Waals surface area (Å²) < 4.78 is 7.47. The number of nitrogens with zero attached hydrogens (tertiary/aromatic N) is 3. The highest BCUT2D eigenvalue weighted by molar-refractivity contribution is 6.04. The molecule has 0 unspecified atom stereocenters. The average Bonchev–Trinajstić information content (AvgIpc) is 3.38. The first-order chi connectivity index (χ1) is 17.3. The number of likely N-dealkylation sites (tertiary alicyclic amines) is 1. The Labute approximate surface area is 210 Å². The molecule has 4 N–H and O–H groups in total. The van der Waals surface area contributed by atoms with Gasteiger partial charge >= 0.3 is 0 Å². The van der Waals surface area contributed by atoms with Crippen LogP contribution in [-0.4, -0.2) is 70.5 Å². The number of rotatable bonds is 9. The van der Waals surface area contributed by atoms with E-state index >= 15 is 0 Å². The van der Waals surface area contributed by atoms with Crippen LogP contribution in [-0.2, 0) is 4.79 Å². The minimum Gasteiger partial charge on any atom is -0.492 e. The number of hydrogen-bond acceptors (Lipinski definition) is 6. The molecule has 4 rings (SSSR count). The SMILES string of the molecule is CCCCNCCOc1ccc2c(c1)c(C(N)=O)nn2-c1cccc(C#C[C@]2(O)CCN(C)C2=O)c1. The molecule has 0 bridgehead atoms. The number of unbranched alkanes of at least 4 members (excludes halogenated alkanes) is 1. The summed E-state index contributed by atoms with van der Waals surface area (Å²) >= 11 is 0. The van der Waals surface area contributed by atoms with E-state index in [1.807, 2.05) is 18.2 Å². The first-order valence-corrected chi connectivity index (χ1v) is 12.1. The van der Waals surface area contributed by atoms with Crippen LogP contribution in [0.3, 0.4) is 0 Å². The molecule has 2 aromatic carbocycles. The Balaban J connectivity index is 1.59. The number of nitrogens with two attached hydrogens (primary N) is 1. The molecule has 1 saturated heterocycles. The zero-order chi connectivity index (χ0) is 25.7. The largest absolute Gasteiger partial charge is 0.492 e. The quantitative estimate of drug-likeness (QED) is 0.311. The van der Waals surface area contributed by atoms with E-state index in [9.17, 15) is 14.7 Å². The zero-order valence-corrected chi connectivity index (χ0v) is 20.6. The Kier molecular flexibility index (Phi) is 7.58. The predicted octanol–water partition coefficient (Wildman–Crippen LogP) is 1.84. The summed E-state index contributed by atoms with van der Waals surface area (Å²) in [6.07, 6.45) is 2.52. The molecule has 2 heterocycles. The normalized spacial score (nSPS) is 17.3. The number of ether oxygens (including phenoxy) is 1. The second kappa shape index (κ2) is 10.8. The number of nitrogens with one attached hydrogen (secondary N) is 1. The Bertz CT molecular complexity index is 1340. The lowest BCUT2D eigenvalue weighted by Crippen LogP contribution is -2.37. The molecule has 1 fully saturated rings. The van der Waals surface area contributed by atoms with Crippen molar-refractivity contribution >= 4 is 22.7 Å². The lowest BCUT2D eigenvalue weighted by atomic mass is 10.0. The van der Waals surface area contributed by atoms with Crippen molar-refractivity contribution < 1.29 is 19.4 Å². The third kappa shape index (κ3) is 5.35. The number of carbonyl (C=O) groups is 2. The highest BCUT2D eigenvalue weighted by Crippen LogP contribution is 2.27. The summed E-state index contributed by atoms with van der Waals surface area (Å²) in [6.45, 7) is 4.79. The number of hydrogen-bond donors (Lipinski definition) is 3. The molecule has 1 atom stereocenters. The van der Waals surface area contributed by atoms with E-state index in [0.717, 1.165) is 25.9 Å². The van der Waals surface area contributed by atoms with Crippen molar-refractivity contribution in [3.63, 3.8) is 0 Å². The van der Waals surface area contributed by atoms with Crippen LogP contribution < -0.4 is 15.8 Å². The Hall–Kier alpha value is -3.87. The maximum absolute atomic E-state index is 12.2. The number of likely N-dealkylation sites (N-methyl/N-ethyl adjacent to an activating group) is 1. The Morgan fingerprint density at radius 3 is 2.83 bits per heavy atom. The van der Waals surface area contributed by atoms with E-state index in [1.165, 1.54) is 4.90 Å². The van der Waals surface area contributed by atoms with Gasteiger partial charge in [-0.1, -0.05) is 31.3 Å². The van der Waals surface area contributed by atoms with Gasteiger partial charge in [-0.25, -0.2) is 4.68 Å². The van der Waals surface area contributed by atoms with Gasteiger partial charge in [0.1, 0.15) is 12.4 Å². The van der Waals surface area contributed by atoms with Crippen molar-refractivity contribution in [2.75, 3.05) is 33.3 Å². The van der Waals surface area contributed by atoms with Gasteiger partial charge in [0.25, 0.3) is 11.8 Å². The molecule has 1 aromatic heterocycles. The van der Waals surface area contributed by atoms with Gasteiger partial charge < -0.3 is 25.8 Å². The number of aromatic nitrogens is 2. The summed E-state index contributed by atoms with van der Waals surface area (Å²) in [4.78, 5) is 25.8. The lowest BCUT2D eigenvalue weighted by molar-refractivity contribution is -0.137. The molecule has 0 radical (unpaired) electrons. The van der Waals surface area contributed by atoms with Crippen molar-refractivity contribution in [2.45, 2.75) is 31.8 Å². The summed E-state index contributed by atoms with van der Waals surface area (Å²) in [6, 6.07) is 12.6. The summed E-state index contributed by atoms with van der Waals surface area (Å²) in [5.74, 6) is 5.22. The zero-order valence-electron chi connectivity index (χ0n) is 20.6.